The van der Waals surface area contributed by atoms with Crippen LogP contribution in [0.15, 0.2) is 53.5 Å². The first-order valence-corrected chi connectivity index (χ1v) is 10.8. The van der Waals surface area contributed by atoms with Gasteiger partial charge < -0.3 is 0 Å². The second-order valence-electron chi connectivity index (χ2n) is 9.29. The van der Waals surface area contributed by atoms with Crippen molar-refractivity contribution < 1.29 is 4.79 Å². The van der Waals surface area contributed by atoms with E-state index in [1.807, 2.05) is 31.2 Å². The molecule has 0 N–H and O–H groups in total. The molecule has 0 atom stereocenters. The molecule has 1 spiro atoms. The van der Waals surface area contributed by atoms with Crippen LogP contribution in [0.1, 0.15) is 73.5 Å². The van der Waals surface area contributed by atoms with Crippen molar-refractivity contribution in [2.45, 2.75) is 64.5 Å². The lowest BCUT2D eigenvalue weighted by molar-refractivity contribution is 0.0724. The third-order valence-electron chi connectivity index (χ3n) is 6.04. The molecule has 0 aromatic heterocycles. The molecule has 4 rings (SSSR count). The summed E-state index contributed by atoms with van der Waals surface area (Å²) in [5.74, 6) is -0.0364. The average molecular weight is 405 g/mol. The van der Waals surface area contributed by atoms with Crippen LogP contribution >= 0.6 is 12.2 Å². The van der Waals surface area contributed by atoms with Gasteiger partial charge in [0.2, 0.25) is 0 Å². The molecule has 29 heavy (non-hydrogen) atoms. The standard InChI is InChI=1S/C25H28N2OS/c1-17-8-7-9-19(16-17)22(28)27-23(29)21(26-25(27)14-5-6-15-25)18-10-12-20(13-11-18)24(2,3)4/h7-13,16H,5-6,14-15H2,1-4H3. The lowest BCUT2D eigenvalue weighted by Crippen LogP contribution is -2.48. The maximum Gasteiger partial charge on any atom is 0.260 e. The molecule has 1 aliphatic carbocycles. The topological polar surface area (TPSA) is 32.7 Å². The normalized spacial score (nSPS) is 18.4. The highest BCUT2D eigenvalue weighted by molar-refractivity contribution is 7.82. The van der Waals surface area contributed by atoms with Crippen LogP contribution in [0.5, 0.6) is 0 Å². The van der Waals surface area contributed by atoms with E-state index in [-0.39, 0.29) is 11.3 Å². The molecule has 0 saturated heterocycles. The maximum absolute atomic E-state index is 13.5. The highest BCUT2D eigenvalue weighted by Gasteiger charge is 2.50. The molecule has 3 nitrogen and oxygen atoms in total. The van der Waals surface area contributed by atoms with Gasteiger partial charge in [0.25, 0.3) is 5.91 Å². The van der Waals surface area contributed by atoms with Gasteiger partial charge in [-0.25, -0.2) is 0 Å². The van der Waals surface area contributed by atoms with Crippen LogP contribution in [-0.2, 0) is 5.41 Å². The number of nitrogens with zero attached hydrogens (tertiary/aromatic N) is 2. The molecule has 150 valence electrons. The Morgan fingerprint density at radius 3 is 2.31 bits per heavy atom. The van der Waals surface area contributed by atoms with Crippen molar-refractivity contribution in [1.29, 1.82) is 0 Å². The maximum atomic E-state index is 13.5. The predicted octanol–water partition coefficient (Wildman–Crippen LogP) is 5.84. The Labute approximate surface area is 178 Å². The summed E-state index contributed by atoms with van der Waals surface area (Å²) < 4.78 is 0. The Morgan fingerprint density at radius 1 is 1.07 bits per heavy atom. The van der Waals surface area contributed by atoms with E-state index in [1.54, 1.807) is 4.90 Å². The number of aliphatic imine (C=N–C) groups is 1. The first-order valence-electron chi connectivity index (χ1n) is 10.4. The van der Waals surface area contributed by atoms with Gasteiger partial charge in [-0.2, -0.15) is 0 Å². The number of carbonyl (C=O) groups is 1. The number of benzene rings is 2. The van der Waals surface area contributed by atoms with Crippen LogP contribution in [0.4, 0.5) is 0 Å². The molecule has 2 aromatic carbocycles. The van der Waals surface area contributed by atoms with Crippen molar-refractivity contribution in [1.82, 2.24) is 4.90 Å². The van der Waals surface area contributed by atoms with Crippen LogP contribution in [-0.4, -0.2) is 27.2 Å². The minimum atomic E-state index is -0.518. The largest absolute Gasteiger partial charge is 0.271 e. The first kappa shape index (κ1) is 20.0. The second kappa shape index (κ2) is 7.17. The van der Waals surface area contributed by atoms with Gasteiger partial charge in [0.1, 0.15) is 16.4 Å². The van der Waals surface area contributed by atoms with E-state index in [4.69, 9.17) is 17.2 Å². The molecule has 1 aliphatic heterocycles. The summed E-state index contributed by atoms with van der Waals surface area (Å²) in [5, 5.41) is 0. The molecule has 2 aliphatic rings. The zero-order valence-corrected chi connectivity index (χ0v) is 18.5. The zero-order valence-electron chi connectivity index (χ0n) is 17.7. The van der Waals surface area contributed by atoms with Crippen LogP contribution in [0, 0.1) is 6.92 Å². The second-order valence-corrected chi connectivity index (χ2v) is 9.68. The summed E-state index contributed by atoms with van der Waals surface area (Å²) in [6.07, 6.45) is 3.88. The summed E-state index contributed by atoms with van der Waals surface area (Å²) in [6, 6.07) is 16.2. The minimum Gasteiger partial charge on any atom is -0.271 e. The lowest BCUT2D eigenvalue weighted by Gasteiger charge is -2.32. The van der Waals surface area contributed by atoms with Gasteiger partial charge in [0.05, 0.1) is 0 Å². The van der Waals surface area contributed by atoms with E-state index in [0.29, 0.717) is 10.6 Å². The SMILES string of the molecule is Cc1cccc(C(=O)N2C(=S)C(c3ccc(C(C)(C)C)cc3)=NC23CCCC3)c1. The summed E-state index contributed by atoms with van der Waals surface area (Å²) in [5.41, 5.74) is 4.37. The van der Waals surface area contributed by atoms with Gasteiger partial charge in [-0.05, 0) is 55.7 Å². The fraction of sp³-hybridized carbons (Fsp3) is 0.400. The minimum absolute atomic E-state index is 0.0364. The number of hydrogen-bond acceptors (Lipinski definition) is 3. The molecule has 0 bridgehead atoms. The van der Waals surface area contributed by atoms with Crippen LogP contribution in [0.2, 0.25) is 0 Å². The molecule has 2 aromatic rings. The number of thiocarbonyl (C=S) groups is 1. The van der Waals surface area contributed by atoms with Gasteiger partial charge in [0.15, 0.2) is 0 Å². The molecule has 1 saturated carbocycles. The monoisotopic (exact) mass is 404 g/mol. The first-order chi connectivity index (χ1) is 13.7. The fourth-order valence-electron chi connectivity index (χ4n) is 4.38. The van der Waals surface area contributed by atoms with E-state index < -0.39 is 5.66 Å². The molecule has 4 heteroatoms. The van der Waals surface area contributed by atoms with Gasteiger partial charge in [-0.15, -0.1) is 0 Å². The zero-order chi connectivity index (χ0) is 20.8. The summed E-state index contributed by atoms with van der Waals surface area (Å²) >= 11 is 5.84. The smallest absolute Gasteiger partial charge is 0.260 e. The van der Waals surface area contributed by atoms with Crippen molar-refractivity contribution in [3.8, 4) is 0 Å². The Kier molecular flexibility index (Phi) is 4.94. The van der Waals surface area contributed by atoms with Crippen molar-refractivity contribution in [3.63, 3.8) is 0 Å². The Morgan fingerprint density at radius 2 is 1.72 bits per heavy atom. The number of hydrogen-bond donors (Lipinski definition) is 0. The summed E-state index contributed by atoms with van der Waals surface area (Å²) in [6.45, 7) is 8.61. The molecular weight excluding hydrogens is 376 g/mol. The number of amides is 1. The van der Waals surface area contributed by atoms with Crippen LogP contribution in [0.25, 0.3) is 0 Å². The van der Waals surface area contributed by atoms with E-state index >= 15 is 0 Å². The third kappa shape index (κ3) is 3.55. The number of aryl methyl sites for hydroxylation is 1. The van der Waals surface area contributed by atoms with Gasteiger partial charge in [-0.3, -0.25) is 14.7 Å². The Balaban J connectivity index is 1.72. The molecule has 1 amide bonds. The van der Waals surface area contributed by atoms with Crippen molar-refractivity contribution in [3.05, 3.63) is 70.8 Å². The Hall–Kier alpha value is -2.33. The van der Waals surface area contributed by atoms with Crippen molar-refractivity contribution in [2.24, 2.45) is 4.99 Å². The van der Waals surface area contributed by atoms with Gasteiger partial charge >= 0.3 is 0 Å². The Bertz CT molecular complexity index is 992. The highest BCUT2D eigenvalue weighted by atomic mass is 32.1. The quantitative estimate of drug-likeness (QED) is 0.590. The molecular formula is C25H28N2OS. The number of carbonyl (C=O) groups excluding carboxylic acids is 1. The van der Waals surface area contributed by atoms with E-state index in [2.05, 4.69) is 45.0 Å². The number of rotatable bonds is 2. The van der Waals surface area contributed by atoms with E-state index in [0.717, 1.165) is 42.5 Å². The van der Waals surface area contributed by atoms with Crippen molar-refractivity contribution >= 4 is 28.8 Å². The summed E-state index contributed by atoms with van der Waals surface area (Å²) in [7, 11) is 0. The average Bonchev–Trinajstić information content (AvgIpc) is 3.25. The fourth-order valence-corrected chi connectivity index (χ4v) is 4.80. The van der Waals surface area contributed by atoms with Gasteiger partial charge in [0, 0.05) is 11.1 Å². The predicted molar refractivity (Wildman–Crippen MR) is 123 cm³/mol. The third-order valence-corrected chi connectivity index (χ3v) is 6.41. The van der Waals surface area contributed by atoms with E-state index in [9.17, 15) is 4.79 Å². The summed E-state index contributed by atoms with van der Waals surface area (Å²) in [4.78, 5) is 21.0. The molecule has 0 radical (unpaired) electrons. The molecule has 1 heterocycles. The highest BCUT2D eigenvalue weighted by Crippen LogP contribution is 2.42. The molecule has 1 fully saturated rings. The van der Waals surface area contributed by atoms with E-state index in [1.165, 1.54) is 5.56 Å². The van der Waals surface area contributed by atoms with Crippen LogP contribution < -0.4 is 0 Å². The van der Waals surface area contributed by atoms with Crippen molar-refractivity contribution in [2.75, 3.05) is 0 Å². The lowest BCUT2D eigenvalue weighted by atomic mass is 9.86. The molecule has 0 unspecified atom stereocenters. The van der Waals surface area contributed by atoms with Gasteiger partial charge in [-0.1, -0.05) is 75.0 Å². The van der Waals surface area contributed by atoms with Crippen LogP contribution in [0.3, 0.4) is 0 Å².